The minimum atomic E-state index is 0.950. The second kappa shape index (κ2) is 5.40. The van der Waals surface area contributed by atoms with E-state index in [2.05, 4.69) is 31.0 Å². The summed E-state index contributed by atoms with van der Waals surface area (Å²) in [4.78, 5) is 4.18. The molecule has 0 bridgehead atoms. The van der Waals surface area contributed by atoms with E-state index in [1.165, 1.54) is 17.5 Å². The van der Waals surface area contributed by atoms with Gasteiger partial charge in [-0.1, -0.05) is 32.0 Å². The van der Waals surface area contributed by atoms with Gasteiger partial charge in [-0.05, 0) is 24.0 Å². The third-order valence-electron chi connectivity index (χ3n) is 2.22. The molecule has 1 rings (SSSR count). The Labute approximate surface area is 84.4 Å². The summed E-state index contributed by atoms with van der Waals surface area (Å²) in [5, 5.41) is 8.46. The van der Waals surface area contributed by atoms with Gasteiger partial charge in [0.2, 0.25) is 0 Å². The molecule has 0 aliphatic heterocycles. The lowest BCUT2D eigenvalue weighted by Gasteiger charge is -2.07. The average molecular weight is 192 g/mol. The van der Waals surface area contributed by atoms with Crippen molar-refractivity contribution >= 4 is 12.0 Å². The predicted octanol–water partition coefficient (Wildman–Crippen LogP) is 2.45. The van der Waals surface area contributed by atoms with Crippen molar-refractivity contribution in [3.05, 3.63) is 29.3 Å². The molecule has 3 heteroatoms. The molecule has 0 aliphatic rings. The Hall–Kier alpha value is -1.35. The number of para-hydroxylation sites is 1. The van der Waals surface area contributed by atoms with Crippen molar-refractivity contribution in [3.8, 4) is 0 Å². The summed E-state index contributed by atoms with van der Waals surface area (Å²) in [6.45, 7) is 4.19. The van der Waals surface area contributed by atoms with Crippen LogP contribution in [0.3, 0.4) is 0 Å². The second-order valence-electron chi connectivity index (χ2n) is 3.02. The van der Waals surface area contributed by atoms with Crippen LogP contribution < -0.4 is 5.48 Å². The molecule has 0 unspecified atom stereocenters. The number of hydrogen-bond donors (Lipinski definition) is 2. The fourth-order valence-electron chi connectivity index (χ4n) is 1.47. The smallest absolute Gasteiger partial charge is 0.113 e. The van der Waals surface area contributed by atoms with Crippen LogP contribution in [0.4, 0.5) is 5.69 Å². The maximum absolute atomic E-state index is 8.46. The second-order valence-corrected chi connectivity index (χ2v) is 3.02. The molecular weight excluding hydrogens is 176 g/mol. The van der Waals surface area contributed by atoms with Gasteiger partial charge in [-0.3, -0.25) is 10.7 Å². The SMILES string of the molecule is CCc1cccc(CC)c1N=CNO. The molecule has 0 saturated carbocycles. The highest BCUT2D eigenvalue weighted by molar-refractivity contribution is 5.64. The van der Waals surface area contributed by atoms with Gasteiger partial charge in [-0.15, -0.1) is 0 Å². The van der Waals surface area contributed by atoms with E-state index in [9.17, 15) is 0 Å². The van der Waals surface area contributed by atoms with Gasteiger partial charge in [0.25, 0.3) is 0 Å². The van der Waals surface area contributed by atoms with Gasteiger partial charge < -0.3 is 0 Å². The fraction of sp³-hybridized carbons (Fsp3) is 0.364. The first-order valence-electron chi connectivity index (χ1n) is 4.86. The van der Waals surface area contributed by atoms with E-state index in [0.29, 0.717) is 0 Å². The maximum atomic E-state index is 8.46. The molecule has 1 aromatic carbocycles. The molecule has 1 aromatic rings. The Morgan fingerprint density at radius 3 is 2.29 bits per heavy atom. The molecule has 0 spiro atoms. The topological polar surface area (TPSA) is 44.6 Å². The van der Waals surface area contributed by atoms with Gasteiger partial charge in [0.15, 0.2) is 0 Å². The number of nitrogens with one attached hydrogen (secondary N) is 1. The third-order valence-corrected chi connectivity index (χ3v) is 2.22. The monoisotopic (exact) mass is 192 g/mol. The zero-order chi connectivity index (χ0) is 10.4. The van der Waals surface area contributed by atoms with Crippen LogP contribution in [0.1, 0.15) is 25.0 Å². The van der Waals surface area contributed by atoms with E-state index >= 15 is 0 Å². The van der Waals surface area contributed by atoms with E-state index in [1.54, 1.807) is 0 Å². The number of rotatable bonds is 4. The number of hydroxylamine groups is 1. The standard InChI is InChI=1S/C11H16N2O/c1-3-9-6-5-7-10(4-2)11(9)12-8-13-14/h5-8,14H,3-4H2,1-2H3,(H,12,13). The molecule has 0 radical (unpaired) electrons. The quantitative estimate of drug-likeness (QED) is 0.437. The Kier molecular flexibility index (Phi) is 4.13. The van der Waals surface area contributed by atoms with Crippen molar-refractivity contribution in [2.45, 2.75) is 26.7 Å². The van der Waals surface area contributed by atoms with E-state index in [-0.39, 0.29) is 0 Å². The van der Waals surface area contributed by atoms with Crippen LogP contribution in [-0.2, 0) is 12.8 Å². The number of nitrogens with zero attached hydrogens (tertiary/aromatic N) is 1. The van der Waals surface area contributed by atoms with Gasteiger partial charge in [-0.25, -0.2) is 4.99 Å². The highest BCUT2D eigenvalue weighted by Gasteiger charge is 2.03. The fourth-order valence-corrected chi connectivity index (χ4v) is 1.47. The molecule has 14 heavy (non-hydrogen) atoms. The number of benzene rings is 1. The highest BCUT2D eigenvalue weighted by Crippen LogP contribution is 2.24. The first kappa shape index (κ1) is 10.7. The molecule has 0 atom stereocenters. The summed E-state index contributed by atoms with van der Waals surface area (Å²) in [5.74, 6) is 0. The van der Waals surface area contributed by atoms with Gasteiger partial charge in [0, 0.05) is 0 Å². The third kappa shape index (κ3) is 2.33. The van der Waals surface area contributed by atoms with Crippen LogP contribution in [-0.4, -0.2) is 11.5 Å². The van der Waals surface area contributed by atoms with Crippen LogP contribution in [0.25, 0.3) is 0 Å². The van der Waals surface area contributed by atoms with Crippen molar-refractivity contribution in [1.82, 2.24) is 5.48 Å². The number of aliphatic imine (C=N–C) groups is 1. The zero-order valence-corrected chi connectivity index (χ0v) is 8.62. The summed E-state index contributed by atoms with van der Waals surface area (Å²) < 4.78 is 0. The van der Waals surface area contributed by atoms with Crippen molar-refractivity contribution in [2.24, 2.45) is 4.99 Å². The summed E-state index contributed by atoms with van der Waals surface area (Å²) in [7, 11) is 0. The Balaban J connectivity index is 3.12. The lowest BCUT2D eigenvalue weighted by Crippen LogP contribution is -2.02. The minimum absolute atomic E-state index is 0.950. The first-order valence-corrected chi connectivity index (χ1v) is 4.86. The average Bonchev–Trinajstić information content (AvgIpc) is 2.25. The Morgan fingerprint density at radius 1 is 1.29 bits per heavy atom. The molecule has 0 fully saturated rings. The van der Waals surface area contributed by atoms with Crippen molar-refractivity contribution in [1.29, 1.82) is 0 Å². The van der Waals surface area contributed by atoms with Crippen LogP contribution >= 0.6 is 0 Å². The number of aryl methyl sites for hydroxylation is 2. The lowest BCUT2D eigenvalue weighted by molar-refractivity contribution is 0.240. The first-order chi connectivity index (χ1) is 6.83. The molecular formula is C11H16N2O. The molecule has 0 aromatic heterocycles. The van der Waals surface area contributed by atoms with Crippen molar-refractivity contribution in [2.75, 3.05) is 0 Å². The van der Waals surface area contributed by atoms with Crippen LogP contribution in [0.5, 0.6) is 0 Å². The summed E-state index contributed by atoms with van der Waals surface area (Å²) in [6.07, 6.45) is 3.20. The molecule has 0 heterocycles. The molecule has 76 valence electrons. The zero-order valence-electron chi connectivity index (χ0n) is 8.62. The van der Waals surface area contributed by atoms with Gasteiger partial charge in [0.1, 0.15) is 6.34 Å². The largest absolute Gasteiger partial charge is 0.290 e. The van der Waals surface area contributed by atoms with Crippen molar-refractivity contribution in [3.63, 3.8) is 0 Å². The molecule has 0 aliphatic carbocycles. The molecule has 0 saturated heterocycles. The van der Waals surface area contributed by atoms with Gasteiger partial charge in [0.05, 0.1) is 5.69 Å². The van der Waals surface area contributed by atoms with Crippen LogP contribution in [0, 0.1) is 0 Å². The summed E-state index contributed by atoms with van der Waals surface area (Å²) >= 11 is 0. The molecule has 0 amide bonds. The normalized spacial score (nSPS) is 10.8. The van der Waals surface area contributed by atoms with E-state index < -0.39 is 0 Å². The summed E-state index contributed by atoms with van der Waals surface area (Å²) in [6, 6.07) is 6.16. The highest BCUT2D eigenvalue weighted by atomic mass is 16.5. The Bertz CT molecular complexity index is 299. The van der Waals surface area contributed by atoms with Gasteiger partial charge >= 0.3 is 0 Å². The van der Waals surface area contributed by atoms with E-state index in [0.717, 1.165) is 18.5 Å². The van der Waals surface area contributed by atoms with Gasteiger partial charge in [-0.2, -0.15) is 0 Å². The minimum Gasteiger partial charge on any atom is -0.290 e. The maximum Gasteiger partial charge on any atom is 0.113 e. The summed E-state index contributed by atoms with van der Waals surface area (Å²) in [5.41, 5.74) is 5.31. The van der Waals surface area contributed by atoms with Crippen molar-refractivity contribution < 1.29 is 5.21 Å². The van der Waals surface area contributed by atoms with Crippen LogP contribution in [0.2, 0.25) is 0 Å². The Morgan fingerprint density at radius 2 is 1.86 bits per heavy atom. The predicted molar refractivity (Wildman–Crippen MR) is 58.3 cm³/mol. The van der Waals surface area contributed by atoms with E-state index in [1.807, 2.05) is 11.5 Å². The molecule has 2 N–H and O–H groups in total. The molecule has 3 nitrogen and oxygen atoms in total. The van der Waals surface area contributed by atoms with Crippen LogP contribution in [0.15, 0.2) is 23.2 Å². The number of hydrogen-bond acceptors (Lipinski definition) is 2. The lowest BCUT2D eigenvalue weighted by atomic mass is 10.0. The van der Waals surface area contributed by atoms with E-state index in [4.69, 9.17) is 5.21 Å².